The summed E-state index contributed by atoms with van der Waals surface area (Å²) in [5, 5.41) is 2.76. The highest BCUT2D eigenvalue weighted by molar-refractivity contribution is 7.12. The topological polar surface area (TPSA) is 62.6 Å². The van der Waals surface area contributed by atoms with Gasteiger partial charge in [0.05, 0.1) is 14.2 Å². The van der Waals surface area contributed by atoms with Crippen molar-refractivity contribution in [1.29, 1.82) is 0 Å². The van der Waals surface area contributed by atoms with Crippen LogP contribution in [0.25, 0.3) is 5.13 Å². The van der Waals surface area contributed by atoms with Crippen molar-refractivity contribution in [3.05, 3.63) is 52.8 Å². The lowest BCUT2D eigenvalue weighted by molar-refractivity contribution is 0.0920. The minimum Gasteiger partial charge on any atom is -0.496 e. The number of hydrogen-bond acceptors (Lipinski definition) is 6. The van der Waals surface area contributed by atoms with E-state index in [1.165, 1.54) is 11.3 Å². The Morgan fingerprint density at radius 1 is 1.08 bits per heavy atom. The average Bonchev–Trinajstić information content (AvgIpc) is 3.27. The van der Waals surface area contributed by atoms with E-state index in [0.717, 1.165) is 16.5 Å². The fraction of sp³-hybridized carbons (Fsp3) is 0.263. The first-order valence-corrected chi connectivity index (χ1v) is 8.89. The number of aryl methyl sites for hydroxylation is 1. The maximum atomic E-state index is 12.7. The molecule has 0 unspecified atom stereocenters. The number of carbonyl (C=O) groups is 1. The molecule has 0 saturated heterocycles. The number of benzene rings is 1. The summed E-state index contributed by atoms with van der Waals surface area (Å²) >= 11 is 1.53. The molecule has 0 saturated carbocycles. The van der Waals surface area contributed by atoms with E-state index in [-0.39, 0.29) is 12.4 Å². The fourth-order valence-electron chi connectivity index (χ4n) is 2.76. The molecule has 0 amide bonds. The molecule has 0 aliphatic rings. The van der Waals surface area contributed by atoms with Gasteiger partial charge in [0.15, 0.2) is 11.7 Å². The first kappa shape index (κ1) is 18.0. The molecule has 2 aromatic heterocycles. The maximum Gasteiger partial charge on any atom is 0.202 e. The highest BCUT2D eigenvalue weighted by Crippen LogP contribution is 2.28. The molecule has 0 N–H and O–H groups in total. The van der Waals surface area contributed by atoms with Gasteiger partial charge in [-0.15, -0.1) is 11.3 Å². The molecule has 2 heterocycles. The molecular formula is C19H20N2O4S. The van der Waals surface area contributed by atoms with Gasteiger partial charge in [-0.2, -0.15) is 0 Å². The van der Waals surface area contributed by atoms with E-state index >= 15 is 0 Å². The number of ketones is 1. The van der Waals surface area contributed by atoms with Crippen LogP contribution in [0.4, 0.5) is 0 Å². The quantitative estimate of drug-likeness (QED) is 0.590. The second-order valence-electron chi connectivity index (χ2n) is 5.70. The van der Waals surface area contributed by atoms with Gasteiger partial charge in [0, 0.05) is 46.7 Å². The van der Waals surface area contributed by atoms with E-state index in [9.17, 15) is 4.79 Å². The Hall–Kier alpha value is -2.80. The van der Waals surface area contributed by atoms with Crippen molar-refractivity contribution in [3.8, 4) is 22.4 Å². The van der Waals surface area contributed by atoms with Crippen LogP contribution in [0, 0.1) is 13.8 Å². The lowest BCUT2D eigenvalue weighted by Crippen LogP contribution is -2.13. The molecule has 0 aliphatic carbocycles. The van der Waals surface area contributed by atoms with Crippen LogP contribution in [0.1, 0.15) is 21.7 Å². The molecule has 0 radical (unpaired) electrons. The summed E-state index contributed by atoms with van der Waals surface area (Å²) < 4.78 is 18.1. The van der Waals surface area contributed by atoms with Gasteiger partial charge in [0.1, 0.15) is 17.2 Å². The molecule has 1 aromatic carbocycles. The van der Waals surface area contributed by atoms with Crippen LogP contribution in [0.3, 0.4) is 0 Å². The molecule has 0 fully saturated rings. The van der Waals surface area contributed by atoms with Crippen LogP contribution >= 0.6 is 11.3 Å². The number of Topliss-reactive ketones (excluding diaryl/α,β-unsaturated/α-hetero) is 1. The molecule has 0 aliphatic heterocycles. The van der Waals surface area contributed by atoms with Gasteiger partial charge in [-0.1, -0.05) is 0 Å². The minimum atomic E-state index is -0.0947. The van der Waals surface area contributed by atoms with Crippen molar-refractivity contribution in [3.63, 3.8) is 0 Å². The van der Waals surface area contributed by atoms with E-state index in [4.69, 9.17) is 14.2 Å². The molecule has 3 rings (SSSR count). The molecule has 26 heavy (non-hydrogen) atoms. The molecule has 0 atom stereocenters. The van der Waals surface area contributed by atoms with Gasteiger partial charge < -0.3 is 14.2 Å². The minimum absolute atomic E-state index is 0.0709. The van der Waals surface area contributed by atoms with Crippen molar-refractivity contribution in [1.82, 2.24) is 9.55 Å². The Kier molecular flexibility index (Phi) is 5.27. The normalized spacial score (nSPS) is 10.6. The van der Waals surface area contributed by atoms with Gasteiger partial charge in [-0.3, -0.25) is 9.36 Å². The van der Waals surface area contributed by atoms with Gasteiger partial charge in [-0.25, -0.2) is 4.98 Å². The van der Waals surface area contributed by atoms with Crippen molar-refractivity contribution < 1.29 is 19.0 Å². The first-order chi connectivity index (χ1) is 12.5. The lowest BCUT2D eigenvalue weighted by Gasteiger charge is -2.10. The number of thiazole rings is 1. The van der Waals surface area contributed by atoms with Crippen LogP contribution in [0.15, 0.2) is 35.8 Å². The molecular weight excluding hydrogens is 352 g/mol. The van der Waals surface area contributed by atoms with Gasteiger partial charge >= 0.3 is 0 Å². The Morgan fingerprint density at radius 3 is 2.31 bits per heavy atom. The predicted octanol–water partition coefficient (Wildman–Crippen LogP) is 3.83. The number of aromatic nitrogens is 2. The van der Waals surface area contributed by atoms with Crippen molar-refractivity contribution >= 4 is 17.1 Å². The van der Waals surface area contributed by atoms with E-state index in [1.54, 1.807) is 38.6 Å². The van der Waals surface area contributed by atoms with Crippen LogP contribution in [0.5, 0.6) is 17.2 Å². The zero-order valence-electron chi connectivity index (χ0n) is 15.1. The highest BCUT2D eigenvalue weighted by Gasteiger charge is 2.18. The second kappa shape index (κ2) is 7.61. The van der Waals surface area contributed by atoms with Gasteiger partial charge in [0.2, 0.25) is 5.78 Å². The Balaban J connectivity index is 1.78. The Bertz CT molecular complexity index is 894. The molecule has 136 valence electrons. The van der Waals surface area contributed by atoms with Crippen molar-refractivity contribution in [2.45, 2.75) is 13.8 Å². The number of ether oxygens (including phenoxy) is 3. The van der Waals surface area contributed by atoms with E-state index in [2.05, 4.69) is 4.98 Å². The van der Waals surface area contributed by atoms with Crippen LogP contribution in [-0.4, -0.2) is 36.2 Å². The Labute approximate surface area is 156 Å². The summed E-state index contributed by atoms with van der Waals surface area (Å²) in [5.74, 6) is 1.63. The average molecular weight is 372 g/mol. The monoisotopic (exact) mass is 372 g/mol. The van der Waals surface area contributed by atoms with Crippen molar-refractivity contribution in [2.75, 3.05) is 20.8 Å². The standard InChI is InChI=1S/C19H20N2O4S/c1-12-7-17(13(2)21(12)19-20-5-6-26-19)18(22)11-25-16-9-14(23-3)8-15(10-16)24-4/h5-10H,11H2,1-4H3. The van der Waals surface area contributed by atoms with E-state index < -0.39 is 0 Å². The summed E-state index contributed by atoms with van der Waals surface area (Å²) in [7, 11) is 3.13. The second-order valence-corrected chi connectivity index (χ2v) is 6.57. The molecule has 3 aromatic rings. The smallest absolute Gasteiger partial charge is 0.202 e. The molecule has 0 spiro atoms. The van der Waals surface area contributed by atoms with E-state index in [0.29, 0.717) is 22.8 Å². The van der Waals surface area contributed by atoms with Crippen LogP contribution in [-0.2, 0) is 0 Å². The number of hydrogen-bond donors (Lipinski definition) is 0. The molecule has 0 bridgehead atoms. The summed E-state index contributed by atoms with van der Waals surface area (Å²) in [5.41, 5.74) is 2.45. The summed E-state index contributed by atoms with van der Waals surface area (Å²) in [6, 6.07) is 7.05. The summed E-state index contributed by atoms with van der Waals surface area (Å²) in [4.78, 5) is 17.0. The SMILES string of the molecule is COc1cc(OC)cc(OCC(=O)c2cc(C)n(-c3nccs3)c2C)c1. The van der Waals surface area contributed by atoms with E-state index in [1.807, 2.05) is 29.9 Å². The lowest BCUT2D eigenvalue weighted by atomic mass is 10.1. The number of methoxy groups -OCH3 is 2. The Morgan fingerprint density at radius 2 is 1.73 bits per heavy atom. The highest BCUT2D eigenvalue weighted by atomic mass is 32.1. The van der Waals surface area contributed by atoms with Crippen LogP contribution < -0.4 is 14.2 Å². The summed E-state index contributed by atoms with van der Waals surface area (Å²) in [6.07, 6.45) is 1.75. The van der Waals surface area contributed by atoms with Crippen molar-refractivity contribution in [2.24, 2.45) is 0 Å². The summed E-state index contributed by atoms with van der Waals surface area (Å²) in [6.45, 7) is 3.80. The third kappa shape index (κ3) is 3.57. The van der Waals surface area contributed by atoms with Gasteiger partial charge in [-0.05, 0) is 19.9 Å². The number of nitrogens with zero attached hydrogens (tertiary/aromatic N) is 2. The third-order valence-corrected chi connectivity index (χ3v) is 4.79. The van der Waals surface area contributed by atoms with Gasteiger partial charge in [0.25, 0.3) is 0 Å². The molecule has 7 heteroatoms. The number of carbonyl (C=O) groups excluding carboxylic acids is 1. The fourth-order valence-corrected chi connectivity index (χ4v) is 3.51. The third-order valence-electron chi connectivity index (χ3n) is 4.04. The largest absolute Gasteiger partial charge is 0.496 e. The number of rotatable bonds is 7. The van der Waals surface area contributed by atoms with Crippen LogP contribution in [0.2, 0.25) is 0 Å². The first-order valence-electron chi connectivity index (χ1n) is 8.01. The zero-order valence-corrected chi connectivity index (χ0v) is 15.9. The molecule has 6 nitrogen and oxygen atoms in total. The predicted molar refractivity (Wildman–Crippen MR) is 100 cm³/mol. The maximum absolute atomic E-state index is 12.7. The zero-order chi connectivity index (χ0) is 18.7.